The Hall–Kier alpha value is -0.160. The number of hydrogen-bond acceptors (Lipinski definition) is 5. The maximum atomic E-state index is 9.35. The molecule has 2 saturated heterocycles. The molecule has 2 heterocycles. The predicted molar refractivity (Wildman–Crippen MR) is 115 cm³/mol. The minimum Gasteiger partial charge on any atom is -0.396 e. The number of morpholine rings is 1. The number of halogens is 1. The zero-order valence-corrected chi connectivity index (χ0v) is 18.8. The van der Waals surface area contributed by atoms with Crippen molar-refractivity contribution in [2.75, 3.05) is 59.2 Å². The standard InChI is InChI=1S/C18H36N4O3.HI/c1-4-19-17(21-13-18(5-8-23)6-9-25-14-18)20-11-15(2)22-7-10-24-12-16(22)3;/h15-16,23H,4-14H2,1-3H3,(H2,19,20,21);1H. The molecular formula is C18H37IN4O3. The summed E-state index contributed by atoms with van der Waals surface area (Å²) < 4.78 is 11.1. The summed E-state index contributed by atoms with van der Waals surface area (Å²) in [6, 6.07) is 0.873. The van der Waals surface area contributed by atoms with E-state index in [2.05, 4.69) is 36.3 Å². The number of ether oxygens (including phenoxy) is 2. The largest absolute Gasteiger partial charge is 0.396 e. The molecule has 0 spiro atoms. The van der Waals surface area contributed by atoms with Gasteiger partial charge in [-0.1, -0.05) is 0 Å². The van der Waals surface area contributed by atoms with Crippen molar-refractivity contribution in [3.8, 4) is 0 Å². The lowest BCUT2D eigenvalue weighted by Crippen LogP contribution is -2.53. The molecule has 3 N–H and O–H groups in total. The number of guanidine groups is 1. The third-order valence-corrected chi connectivity index (χ3v) is 5.29. The molecule has 2 rings (SSSR count). The van der Waals surface area contributed by atoms with Crippen LogP contribution >= 0.6 is 24.0 Å². The molecule has 3 unspecified atom stereocenters. The maximum absolute atomic E-state index is 9.35. The number of hydrogen-bond donors (Lipinski definition) is 3. The predicted octanol–water partition coefficient (Wildman–Crippen LogP) is 1.06. The Kier molecular flexibility index (Phi) is 11.3. The van der Waals surface area contributed by atoms with E-state index in [1.54, 1.807) is 0 Å². The molecule has 8 heteroatoms. The van der Waals surface area contributed by atoms with Crippen molar-refractivity contribution >= 4 is 29.9 Å². The summed E-state index contributed by atoms with van der Waals surface area (Å²) >= 11 is 0. The number of aliphatic imine (C=N–C) groups is 1. The van der Waals surface area contributed by atoms with Crippen LogP contribution in [0.3, 0.4) is 0 Å². The number of aliphatic hydroxyl groups excluding tert-OH is 1. The van der Waals surface area contributed by atoms with E-state index in [0.29, 0.717) is 25.2 Å². The molecule has 2 fully saturated rings. The van der Waals surface area contributed by atoms with Gasteiger partial charge in [0.05, 0.1) is 26.4 Å². The van der Waals surface area contributed by atoms with Crippen molar-refractivity contribution in [1.29, 1.82) is 0 Å². The first-order chi connectivity index (χ1) is 12.1. The van der Waals surface area contributed by atoms with Crippen LogP contribution in [0.2, 0.25) is 0 Å². The molecule has 0 saturated carbocycles. The Balaban J connectivity index is 0.00000338. The Morgan fingerprint density at radius 2 is 2.15 bits per heavy atom. The van der Waals surface area contributed by atoms with Crippen molar-refractivity contribution in [1.82, 2.24) is 15.5 Å². The summed E-state index contributed by atoms with van der Waals surface area (Å²) in [5.74, 6) is 0.847. The fraction of sp³-hybridized carbons (Fsp3) is 0.944. The summed E-state index contributed by atoms with van der Waals surface area (Å²) in [4.78, 5) is 7.27. The summed E-state index contributed by atoms with van der Waals surface area (Å²) in [5, 5.41) is 16.2. The average Bonchev–Trinajstić information content (AvgIpc) is 3.07. The summed E-state index contributed by atoms with van der Waals surface area (Å²) in [6.45, 7) is 13.2. The monoisotopic (exact) mass is 484 g/mol. The summed E-state index contributed by atoms with van der Waals surface area (Å²) in [7, 11) is 0. The Bertz CT molecular complexity index is 419. The Morgan fingerprint density at radius 3 is 2.77 bits per heavy atom. The highest BCUT2D eigenvalue weighted by atomic mass is 127. The number of rotatable bonds is 8. The molecule has 0 aromatic rings. The average molecular weight is 484 g/mol. The highest BCUT2D eigenvalue weighted by molar-refractivity contribution is 14.0. The third kappa shape index (κ3) is 7.10. The molecule has 0 aromatic heterocycles. The highest BCUT2D eigenvalue weighted by Crippen LogP contribution is 2.32. The van der Waals surface area contributed by atoms with Crippen molar-refractivity contribution < 1.29 is 14.6 Å². The summed E-state index contributed by atoms with van der Waals surface area (Å²) in [5.41, 5.74) is -0.0125. The van der Waals surface area contributed by atoms with E-state index in [1.807, 2.05) is 0 Å². The molecule has 0 aliphatic carbocycles. The lowest BCUT2D eigenvalue weighted by molar-refractivity contribution is -0.0174. The minimum atomic E-state index is -0.0125. The van der Waals surface area contributed by atoms with E-state index in [9.17, 15) is 5.11 Å². The van der Waals surface area contributed by atoms with Gasteiger partial charge in [0.15, 0.2) is 5.96 Å². The van der Waals surface area contributed by atoms with Crippen molar-refractivity contribution in [3.05, 3.63) is 0 Å². The second kappa shape index (κ2) is 12.3. The highest BCUT2D eigenvalue weighted by Gasteiger charge is 2.34. The van der Waals surface area contributed by atoms with Gasteiger partial charge in [0.1, 0.15) is 0 Å². The number of nitrogens with zero attached hydrogens (tertiary/aromatic N) is 2. The number of aliphatic hydroxyl groups is 1. The Morgan fingerprint density at radius 1 is 1.35 bits per heavy atom. The molecule has 0 bridgehead atoms. The van der Waals surface area contributed by atoms with Crippen molar-refractivity contribution in [2.45, 2.75) is 45.7 Å². The van der Waals surface area contributed by atoms with Gasteiger partial charge in [-0.3, -0.25) is 9.89 Å². The van der Waals surface area contributed by atoms with Gasteiger partial charge in [-0.05, 0) is 33.6 Å². The normalized spacial score (nSPS) is 28.5. The second-order valence-electron chi connectivity index (χ2n) is 7.36. The lowest BCUT2D eigenvalue weighted by atomic mass is 9.84. The van der Waals surface area contributed by atoms with E-state index in [0.717, 1.165) is 58.3 Å². The second-order valence-corrected chi connectivity index (χ2v) is 7.36. The van der Waals surface area contributed by atoms with Crippen LogP contribution < -0.4 is 10.6 Å². The molecule has 0 aromatic carbocycles. The van der Waals surface area contributed by atoms with Crippen LogP contribution in [0.4, 0.5) is 0 Å². The first-order valence-electron chi connectivity index (χ1n) is 9.64. The van der Waals surface area contributed by atoms with E-state index in [4.69, 9.17) is 14.5 Å². The van der Waals surface area contributed by atoms with Crippen LogP contribution in [-0.2, 0) is 9.47 Å². The van der Waals surface area contributed by atoms with Crippen LogP contribution in [0, 0.1) is 5.41 Å². The SMILES string of the molecule is CCNC(=NCC1(CCO)CCOC1)NCC(C)N1CCOCC1C.I. The van der Waals surface area contributed by atoms with Gasteiger partial charge in [0, 0.05) is 50.3 Å². The zero-order valence-electron chi connectivity index (χ0n) is 16.5. The van der Waals surface area contributed by atoms with Gasteiger partial charge in [-0.2, -0.15) is 0 Å². The molecule has 3 atom stereocenters. The zero-order chi connectivity index (χ0) is 18.1. The van der Waals surface area contributed by atoms with E-state index in [-0.39, 0.29) is 36.0 Å². The van der Waals surface area contributed by atoms with Gasteiger partial charge >= 0.3 is 0 Å². The molecule has 0 amide bonds. The minimum absolute atomic E-state index is 0. The van der Waals surface area contributed by atoms with Crippen molar-refractivity contribution in [2.24, 2.45) is 10.4 Å². The van der Waals surface area contributed by atoms with Gasteiger partial charge in [-0.15, -0.1) is 24.0 Å². The van der Waals surface area contributed by atoms with Crippen LogP contribution in [-0.4, -0.2) is 87.3 Å². The van der Waals surface area contributed by atoms with Crippen LogP contribution in [0.1, 0.15) is 33.6 Å². The lowest BCUT2D eigenvalue weighted by Gasteiger charge is -2.38. The topological polar surface area (TPSA) is 78.4 Å². The van der Waals surface area contributed by atoms with Gasteiger partial charge in [0.25, 0.3) is 0 Å². The van der Waals surface area contributed by atoms with E-state index in [1.165, 1.54) is 0 Å². The quantitative estimate of drug-likeness (QED) is 0.272. The van der Waals surface area contributed by atoms with Crippen LogP contribution in [0.5, 0.6) is 0 Å². The van der Waals surface area contributed by atoms with Crippen LogP contribution in [0.25, 0.3) is 0 Å². The molecular weight excluding hydrogens is 447 g/mol. The van der Waals surface area contributed by atoms with Crippen LogP contribution in [0.15, 0.2) is 4.99 Å². The molecule has 154 valence electrons. The summed E-state index contributed by atoms with van der Waals surface area (Å²) in [6.07, 6.45) is 1.72. The third-order valence-electron chi connectivity index (χ3n) is 5.29. The van der Waals surface area contributed by atoms with Crippen molar-refractivity contribution in [3.63, 3.8) is 0 Å². The fourth-order valence-electron chi connectivity index (χ4n) is 3.63. The number of nitrogens with one attached hydrogen (secondary N) is 2. The van der Waals surface area contributed by atoms with Gasteiger partial charge < -0.3 is 25.2 Å². The molecule has 2 aliphatic rings. The van der Waals surface area contributed by atoms with E-state index < -0.39 is 0 Å². The molecule has 0 radical (unpaired) electrons. The molecule has 26 heavy (non-hydrogen) atoms. The fourth-order valence-corrected chi connectivity index (χ4v) is 3.63. The first-order valence-corrected chi connectivity index (χ1v) is 9.64. The van der Waals surface area contributed by atoms with Gasteiger partial charge in [0.2, 0.25) is 0 Å². The molecule has 2 aliphatic heterocycles. The smallest absolute Gasteiger partial charge is 0.191 e. The Labute approximate surface area is 175 Å². The maximum Gasteiger partial charge on any atom is 0.191 e. The first kappa shape index (κ1) is 23.9. The molecule has 7 nitrogen and oxygen atoms in total. The van der Waals surface area contributed by atoms with E-state index >= 15 is 0 Å². The van der Waals surface area contributed by atoms with Gasteiger partial charge in [-0.25, -0.2) is 0 Å².